The smallest absolute Gasteiger partial charge is 0.222 e. The Kier molecular flexibility index (Phi) is 11.0. The van der Waals surface area contributed by atoms with Crippen LogP contribution in [0.4, 0.5) is 0 Å². The predicted molar refractivity (Wildman–Crippen MR) is 160 cm³/mol. The van der Waals surface area contributed by atoms with Crippen molar-refractivity contribution in [1.82, 2.24) is 24.6 Å². The Morgan fingerprint density at radius 1 is 0.925 bits per heavy atom. The Morgan fingerprint density at radius 3 is 2.42 bits per heavy atom. The van der Waals surface area contributed by atoms with Gasteiger partial charge >= 0.3 is 0 Å². The fourth-order valence-corrected chi connectivity index (χ4v) is 6.00. The van der Waals surface area contributed by atoms with E-state index in [1.807, 2.05) is 75.9 Å². The normalized spacial score (nSPS) is 15.3. The van der Waals surface area contributed by atoms with Gasteiger partial charge in [-0.2, -0.15) is 0 Å². The van der Waals surface area contributed by atoms with E-state index in [0.29, 0.717) is 32.5 Å². The van der Waals surface area contributed by atoms with Crippen LogP contribution in [0.5, 0.6) is 5.75 Å². The Morgan fingerprint density at radius 2 is 1.68 bits per heavy atom. The van der Waals surface area contributed by atoms with E-state index < -0.39 is 0 Å². The predicted octanol–water partition coefficient (Wildman–Crippen LogP) is 5.84. The van der Waals surface area contributed by atoms with Crippen molar-refractivity contribution in [3.63, 3.8) is 0 Å². The van der Waals surface area contributed by atoms with E-state index in [-0.39, 0.29) is 17.9 Å². The van der Waals surface area contributed by atoms with Crippen molar-refractivity contribution in [2.45, 2.75) is 70.0 Å². The first-order valence-electron chi connectivity index (χ1n) is 14.4. The third-order valence-corrected chi connectivity index (χ3v) is 8.32. The van der Waals surface area contributed by atoms with Crippen LogP contribution in [-0.4, -0.2) is 74.9 Å². The van der Waals surface area contributed by atoms with Crippen LogP contribution in [0.25, 0.3) is 17.1 Å². The molecule has 1 aromatic heterocycles. The summed E-state index contributed by atoms with van der Waals surface area (Å²) < 4.78 is 7.67. The molecular formula is C31H41N5O3S. The van der Waals surface area contributed by atoms with Crippen LogP contribution in [0.3, 0.4) is 0 Å². The number of rotatable bonds is 13. The number of amides is 2. The molecule has 2 heterocycles. The second kappa shape index (κ2) is 14.9. The molecule has 1 fully saturated rings. The number of carbonyl (C=O) groups excluding carboxylic acids is 2. The number of para-hydroxylation sites is 2. The van der Waals surface area contributed by atoms with Crippen molar-refractivity contribution in [3.05, 3.63) is 54.6 Å². The van der Waals surface area contributed by atoms with Crippen LogP contribution < -0.4 is 4.74 Å². The molecule has 8 nitrogen and oxygen atoms in total. The van der Waals surface area contributed by atoms with E-state index in [2.05, 4.69) is 17.1 Å². The van der Waals surface area contributed by atoms with Crippen LogP contribution in [0, 0.1) is 0 Å². The molecule has 0 bridgehead atoms. The first kappa shape index (κ1) is 29.6. The number of aromatic nitrogens is 3. The molecule has 1 atom stereocenters. The number of ether oxygens (including phenoxy) is 1. The number of hydrogen-bond acceptors (Lipinski definition) is 6. The SMILES string of the molecule is CCCCCCC(=O)N1CCN(C(=O)CCCSc2nnc(-c3ccccc3)n2-c2ccccc2OC)CC1C. The summed E-state index contributed by atoms with van der Waals surface area (Å²) in [6.07, 6.45) is 6.22. The lowest BCUT2D eigenvalue weighted by Gasteiger charge is -2.40. The van der Waals surface area contributed by atoms with E-state index in [1.165, 1.54) is 12.8 Å². The summed E-state index contributed by atoms with van der Waals surface area (Å²) in [6.45, 7) is 6.07. The highest BCUT2D eigenvalue weighted by Crippen LogP contribution is 2.32. The molecule has 1 saturated heterocycles. The maximum atomic E-state index is 13.0. The second-order valence-electron chi connectivity index (χ2n) is 10.2. The van der Waals surface area contributed by atoms with Gasteiger partial charge in [0.05, 0.1) is 12.8 Å². The van der Waals surface area contributed by atoms with Gasteiger partial charge in [-0.3, -0.25) is 14.2 Å². The lowest BCUT2D eigenvalue weighted by molar-refractivity contribution is -0.142. The van der Waals surface area contributed by atoms with Crippen LogP contribution in [0.2, 0.25) is 0 Å². The second-order valence-corrected chi connectivity index (χ2v) is 11.3. The quantitative estimate of drug-likeness (QED) is 0.192. The molecule has 0 radical (unpaired) electrons. The van der Waals surface area contributed by atoms with Crippen LogP contribution >= 0.6 is 11.8 Å². The summed E-state index contributed by atoms with van der Waals surface area (Å²) in [5.41, 5.74) is 1.84. The molecule has 4 rings (SSSR count). The zero-order chi connectivity index (χ0) is 28.3. The van der Waals surface area contributed by atoms with Gasteiger partial charge in [0.25, 0.3) is 0 Å². The summed E-state index contributed by atoms with van der Waals surface area (Å²) in [4.78, 5) is 29.5. The number of nitrogens with zero attached hydrogens (tertiary/aromatic N) is 5. The maximum Gasteiger partial charge on any atom is 0.222 e. The highest BCUT2D eigenvalue weighted by molar-refractivity contribution is 7.99. The summed E-state index contributed by atoms with van der Waals surface area (Å²) >= 11 is 1.59. The lowest BCUT2D eigenvalue weighted by Crippen LogP contribution is -2.55. The number of carbonyl (C=O) groups is 2. The van der Waals surface area contributed by atoms with Crippen molar-refractivity contribution in [2.24, 2.45) is 0 Å². The van der Waals surface area contributed by atoms with Gasteiger partial charge in [-0.05, 0) is 31.9 Å². The van der Waals surface area contributed by atoms with Crippen molar-refractivity contribution < 1.29 is 14.3 Å². The highest BCUT2D eigenvalue weighted by atomic mass is 32.2. The average Bonchev–Trinajstić information content (AvgIpc) is 3.41. The van der Waals surface area contributed by atoms with E-state index >= 15 is 0 Å². The number of unbranched alkanes of at least 4 members (excludes halogenated alkanes) is 3. The minimum absolute atomic E-state index is 0.0570. The minimum Gasteiger partial charge on any atom is -0.495 e. The average molecular weight is 564 g/mol. The number of benzene rings is 2. The van der Waals surface area contributed by atoms with Gasteiger partial charge in [0.1, 0.15) is 5.75 Å². The Bertz CT molecular complexity index is 1250. The van der Waals surface area contributed by atoms with Gasteiger partial charge in [-0.1, -0.05) is 80.4 Å². The Labute approximate surface area is 242 Å². The van der Waals surface area contributed by atoms with Crippen LogP contribution in [0.1, 0.15) is 58.8 Å². The van der Waals surface area contributed by atoms with Crippen LogP contribution in [0.15, 0.2) is 59.8 Å². The molecule has 1 aliphatic heterocycles. The van der Waals surface area contributed by atoms with E-state index in [9.17, 15) is 9.59 Å². The Balaban J connectivity index is 1.32. The summed E-state index contributed by atoms with van der Waals surface area (Å²) in [5, 5.41) is 9.78. The number of methoxy groups -OCH3 is 1. The van der Waals surface area contributed by atoms with Gasteiger partial charge in [0, 0.05) is 49.8 Å². The standard InChI is InChI=1S/C31H41N5O3S/c1-4-5-6-10-18-29(38)35-21-20-34(23-24(35)2)28(37)19-13-22-40-31-33-32-30(25-14-8-7-9-15-25)36(31)26-16-11-12-17-27(26)39-3/h7-9,11-12,14-17,24H,4-6,10,13,18-23H2,1-3H3. The summed E-state index contributed by atoms with van der Waals surface area (Å²) in [7, 11) is 1.66. The molecule has 0 aliphatic carbocycles. The molecule has 0 saturated carbocycles. The van der Waals surface area contributed by atoms with Gasteiger partial charge in [-0.25, -0.2) is 0 Å². The highest BCUT2D eigenvalue weighted by Gasteiger charge is 2.29. The molecule has 2 aromatic carbocycles. The molecular weight excluding hydrogens is 522 g/mol. The van der Waals surface area contributed by atoms with Crippen molar-refractivity contribution in [2.75, 3.05) is 32.5 Å². The number of piperazine rings is 1. The van der Waals surface area contributed by atoms with Crippen LogP contribution in [-0.2, 0) is 9.59 Å². The molecule has 40 heavy (non-hydrogen) atoms. The largest absolute Gasteiger partial charge is 0.495 e. The molecule has 214 valence electrons. The number of hydrogen-bond donors (Lipinski definition) is 0. The Hall–Kier alpha value is -3.33. The lowest BCUT2D eigenvalue weighted by atomic mass is 10.1. The topological polar surface area (TPSA) is 80.6 Å². The molecule has 0 N–H and O–H groups in total. The third kappa shape index (κ3) is 7.44. The minimum atomic E-state index is 0.0570. The van der Waals surface area contributed by atoms with Crippen molar-refractivity contribution in [3.8, 4) is 22.8 Å². The zero-order valence-electron chi connectivity index (χ0n) is 23.9. The van der Waals surface area contributed by atoms with Gasteiger partial charge in [0.15, 0.2) is 11.0 Å². The molecule has 1 unspecified atom stereocenters. The van der Waals surface area contributed by atoms with Crippen molar-refractivity contribution in [1.29, 1.82) is 0 Å². The first-order valence-corrected chi connectivity index (χ1v) is 15.4. The maximum absolute atomic E-state index is 13.0. The van der Waals surface area contributed by atoms with E-state index in [0.717, 1.165) is 53.0 Å². The van der Waals surface area contributed by atoms with E-state index in [4.69, 9.17) is 4.74 Å². The molecule has 3 aromatic rings. The first-order chi connectivity index (χ1) is 19.5. The summed E-state index contributed by atoms with van der Waals surface area (Å²) in [6, 6.07) is 17.9. The molecule has 9 heteroatoms. The molecule has 0 spiro atoms. The summed E-state index contributed by atoms with van der Waals surface area (Å²) in [5.74, 6) is 2.60. The van der Waals surface area contributed by atoms with Crippen molar-refractivity contribution >= 4 is 23.6 Å². The fourth-order valence-electron chi connectivity index (χ4n) is 5.12. The number of thioether (sulfide) groups is 1. The zero-order valence-corrected chi connectivity index (χ0v) is 24.7. The van der Waals surface area contributed by atoms with Gasteiger partial charge in [-0.15, -0.1) is 10.2 Å². The van der Waals surface area contributed by atoms with E-state index in [1.54, 1.807) is 18.9 Å². The molecule has 1 aliphatic rings. The van der Waals surface area contributed by atoms with Gasteiger partial charge < -0.3 is 14.5 Å². The van der Waals surface area contributed by atoms with Gasteiger partial charge in [0.2, 0.25) is 11.8 Å². The monoisotopic (exact) mass is 563 g/mol. The molecule has 2 amide bonds. The third-order valence-electron chi connectivity index (χ3n) is 7.30. The fraction of sp³-hybridized carbons (Fsp3) is 0.484.